The predicted octanol–water partition coefficient (Wildman–Crippen LogP) is 6.61. The summed E-state index contributed by atoms with van der Waals surface area (Å²) < 4.78 is 14.1. The Kier molecular flexibility index (Phi) is 7.91. The second kappa shape index (κ2) is 12.1. The zero-order chi connectivity index (χ0) is 29.9. The highest BCUT2D eigenvalue weighted by molar-refractivity contribution is 6.12. The Morgan fingerprint density at radius 2 is 1.93 bits per heavy atom. The van der Waals surface area contributed by atoms with Gasteiger partial charge in [-0.15, -0.1) is 0 Å². The van der Waals surface area contributed by atoms with Crippen molar-refractivity contribution in [3.8, 4) is 28.1 Å². The van der Waals surface area contributed by atoms with Crippen molar-refractivity contribution in [1.29, 1.82) is 0 Å². The van der Waals surface area contributed by atoms with E-state index in [9.17, 15) is 14.3 Å². The summed E-state index contributed by atoms with van der Waals surface area (Å²) in [7, 11) is 0. The fourth-order valence-corrected chi connectivity index (χ4v) is 5.49. The van der Waals surface area contributed by atoms with Crippen LogP contribution in [-0.2, 0) is 4.79 Å². The molecule has 43 heavy (non-hydrogen) atoms. The molecule has 0 bridgehead atoms. The molecule has 3 N–H and O–H groups in total. The van der Waals surface area contributed by atoms with Crippen LogP contribution in [0.2, 0.25) is 0 Å². The average molecular weight is 578 g/mol. The van der Waals surface area contributed by atoms with Gasteiger partial charge in [-0.05, 0) is 67.6 Å². The zero-order valence-corrected chi connectivity index (χ0v) is 24.1. The molecular formula is C33H32FN7O2. The van der Waals surface area contributed by atoms with E-state index in [1.807, 2.05) is 32.0 Å². The number of H-pyrrole nitrogens is 1. The highest BCUT2D eigenvalue weighted by Gasteiger charge is 2.23. The number of phenolic OH excluding ortho intramolecular Hbond substituents is 1. The number of carbonyl (C=O) groups excluding carboxylic acids is 1. The number of imidazole rings is 1. The molecule has 4 heterocycles. The number of aliphatic imine (C=N–C) groups is 1. The first kappa shape index (κ1) is 28.1. The van der Waals surface area contributed by atoms with Crippen LogP contribution in [-0.4, -0.2) is 48.2 Å². The van der Waals surface area contributed by atoms with Gasteiger partial charge in [-0.3, -0.25) is 14.8 Å². The number of aryl methyl sites for hydroxylation is 1. The summed E-state index contributed by atoms with van der Waals surface area (Å²) in [5.74, 6) is -0.145. The number of aromatic amines is 1. The largest absolute Gasteiger partial charge is 0.508 e. The van der Waals surface area contributed by atoms with Gasteiger partial charge < -0.3 is 15.4 Å². The molecule has 0 radical (unpaired) electrons. The quantitative estimate of drug-likeness (QED) is 0.178. The van der Waals surface area contributed by atoms with Gasteiger partial charge in [0.15, 0.2) is 11.5 Å². The summed E-state index contributed by atoms with van der Waals surface area (Å²) in [5, 5.41) is 13.0. The van der Waals surface area contributed by atoms with Gasteiger partial charge in [0.1, 0.15) is 17.3 Å². The van der Waals surface area contributed by atoms with E-state index in [1.165, 1.54) is 12.1 Å². The van der Waals surface area contributed by atoms with Crippen LogP contribution in [0, 0.1) is 18.7 Å². The molecule has 5 aromatic rings. The number of nitrogens with zero attached hydrogens (tertiary/aromatic N) is 5. The monoisotopic (exact) mass is 577 g/mol. The molecule has 1 fully saturated rings. The molecule has 1 aromatic carbocycles. The minimum Gasteiger partial charge on any atom is -0.508 e. The van der Waals surface area contributed by atoms with E-state index in [1.54, 1.807) is 24.7 Å². The fourth-order valence-electron chi connectivity index (χ4n) is 5.49. The number of pyridine rings is 3. The summed E-state index contributed by atoms with van der Waals surface area (Å²) in [5.41, 5.74) is 6.38. The van der Waals surface area contributed by atoms with Crippen molar-refractivity contribution in [2.45, 2.75) is 46.0 Å². The summed E-state index contributed by atoms with van der Waals surface area (Å²) in [6.07, 6.45) is 9.81. The van der Waals surface area contributed by atoms with Gasteiger partial charge in [0.05, 0.1) is 28.8 Å². The topological polar surface area (TPSA) is 129 Å². The van der Waals surface area contributed by atoms with Crippen molar-refractivity contribution in [3.63, 3.8) is 0 Å². The Labute approximate surface area is 248 Å². The number of anilines is 1. The van der Waals surface area contributed by atoms with Crippen LogP contribution >= 0.6 is 0 Å². The number of nitrogens with one attached hydrogen (secondary N) is 2. The molecule has 10 heteroatoms. The number of phenols is 1. The normalized spacial score (nSPS) is 14.0. The number of aromatic hydroxyl groups is 1. The van der Waals surface area contributed by atoms with Crippen LogP contribution in [0.15, 0.2) is 66.0 Å². The lowest BCUT2D eigenvalue weighted by atomic mass is 10.1. The first-order valence-electron chi connectivity index (χ1n) is 14.5. The number of amides is 1. The molecule has 0 aliphatic heterocycles. The van der Waals surface area contributed by atoms with Crippen molar-refractivity contribution in [1.82, 2.24) is 24.9 Å². The highest BCUT2D eigenvalue weighted by atomic mass is 19.1. The molecule has 0 spiro atoms. The van der Waals surface area contributed by atoms with Gasteiger partial charge in [0, 0.05) is 42.0 Å². The lowest BCUT2D eigenvalue weighted by molar-refractivity contribution is -0.119. The summed E-state index contributed by atoms with van der Waals surface area (Å²) >= 11 is 0. The van der Waals surface area contributed by atoms with Crippen LogP contribution in [0.1, 0.15) is 56.1 Å². The van der Waals surface area contributed by atoms with Crippen molar-refractivity contribution >= 4 is 28.5 Å². The Morgan fingerprint density at radius 3 is 2.72 bits per heavy atom. The summed E-state index contributed by atoms with van der Waals surface area (Å²) in [6, 6.07) is 11.4. The average Bonchev–Trinajstić information content (AvgIpc) is 3.69. The van der Waals surface area contributed by atoms with E-state index in [0.29, 0.717) is 57.4 Å². The minimum absolute atomic E-state index is 0.0364. The number of halogens is 1. The molecule has 0 unspecified atom stereocenters. The Balaban J connectivity index is 1.38. The molecule has 9 nitrogen and oxygen atoms in total. The first-order valence-corrected chi connectivity index (χ1v) is 14.5. The molecule has 0 saturated heterocycles. The van der Waals surface area contributed by atoms with Crippen LogP contribution in [0.25, 0.3) is 33.5 Å². The van der Waals surface area contributed by atoms with Crippen molar-refractivity contribution < 1.29 is 14.3 Å². The number of fused-ring (bicyclic) bond motifs is 1. The summed E-state index contributed by atoms with van der Waals surface area (Å²) in [6.45, 7) is 4.57. The molecule has 6 rings (SSSR count). The lowest BCUT2D eigenvalue weighted by Gasteiger charge is -2.12. The van der Waals surface area contributed by atoms with Gasteiger partial charge in [-0.2, -0.15) is 0 Å². The maximum Gasteiger partial charge on any atom is 0.227 e. The number of hydrogen-bond acceptors (Lipinski definition) is 7. The van der Waals surface area contributed by atoms with Gasteiger partial charge in [-0.1, -0.05) is 25.8 Å². The smallest absolute Gasteiger partial charge is 0.227 e. The standard InChI is InChI=1S/C33H32FN7O2/c1-3-11-36-30(32-40-29-26(10-12-37-31(29)41-32)21-13-23(34)16-25(42)15-21)28-19(2)8-9-27(39-28)22-14-24(18-35-17-22)38-33(43)20-6-4-5-7-20/h8-10,12-18,20,42H,3-7,11H2,1-2H3,(H,38,43)(H,37,40,41). The number of hydrogen-bond donors (Lipinski definition) is 3. The first-order chi connectivity index (χ1) is 20.9. The Morgan fingerprint density at radius 1 is 1.09 bits per heavy atom. The molecule has 0 atom stereocenters. The Hall–Kier alpha value is -4.99. The third-order valence-electron chi connectivity index (χ3n) is 7.65. The second-order valence-electron chi connectivity index (χ2n) is 10.9. The van der Waals surface area contributed by atoms with E-state index in [4.69, 9.17) is 15.0 Å². The molecule has 1 amide bonds. The van der Waals surface area contributed by atoms with Gasteiger partial charge in [-0.25, -0.2) is 19.3 Å². The van der Waals surface area contributed by atoms with E-state index < -0.39 is 5.82 Å². The number of aromatic nitrogens is 5. The number of rotatable bonds is 8. The molecule has 4 aromatic heterocycles. The Bertz CT molecular complexity index is 1820. The number of benzene rings is 1. The molecule has 1 aliphatic carbocycles. The van der Waals surface area contributed by atoms with Crippen LogP contribution in [0.5, 0.6) is 5.75 Å². The number of carbonyl (C=O) groups is 1. The van der Waals surface area contributed by atoms with E-state index in [-0.39, 0.29) is 17.6 Å². The van der Waals surface area contributed by atoms with Gasteiger partial charge in [0.2, 0.25) is 5.91 Å². The third kappa shape index (κ3) is 5.99. The van der Waals surface area contributed by atoms with Crippen molar-refractivity contribution in [2.75, 3.05) is 11.9 Å². The maximum atomic E-state index is 14.1. The predicted molar refractivity (Wildman–Crippen MR) is 165 cm³/mol. The summed E-state index contributed by atoms with van der Waals surface area (Å²) in [4.78, 5) is 39.5. The SMILES string of the molecule is CCCN=C(c1nc2nccc(-c3cc(O)cc(F)c3)c2[nH]1)c1nc(-c2cncc(NC(=O)C3CCCC3)c2)ccc1C. The fraction of sp³-hybridized carbons (Fsp3) is 0.273. The lowest BCUT2D eigenvalue weighted by Crippen LogP contribution is -2.20. The van der Waals surface area contributed by atoms with E-state index >= 15 is 0 Å². The van der Waals surface area contributed by atoms with E-state index in [2.05, 4.69) is 20.3 Å². The molecule has 1 saturated carbocycles. The van der Waals surface area contributed by atoms with Crippen LogP contribution in [0.3, 0.4) is 0 Å². The van der Waals surface area contributed by atoms with Gasteiger partial charge >= 0.3 is 0 Å². The molecular weight excluding hydrogens is 545 g/mol. The van der Waals surface area contributed by atoms with E-state index in [0.717, 1.165) is 49.3 Å². The minimum atomic E-state index is -0.543. The van der Waals surface area contributed by atoms with Crippen LogP contribution < -0.4 is 5.32 Å². The maximum absolute atomic E-state index is 14.1. The highest BCUT2D eigenvalue weighted by Crippen LogP contribution is 2.31. The molecule has 1 aliphatic rings. The van der Waals surface area contributed by atoms with Crippen LogP contribution in [0.4, 0.5) is 10.1 Å². The second-order valence-corrected chi connectivity index (χ2v) is 10.9. The zero-order valence-electron chi connectivity index (χ0n) is 24.1. The molecule has 218 valence electrons. The third-order valence-corrected chi connectivity index (χ3v) is 7.65. The van der Waals surface area contributed by atoms with Crippen molar-refractivity contribution in [2.24, 2.45) is 10.9 Å². The van der Waals surface area contributed by atoms with Gasteiger partial charge in [0.25, 0.3) is 0 Å². The van der Waals surface area contributed by atoms with Crippen molar-refractivity contribution in [3.05, 3.63) is 84.0 Å².